The van der Waals surface area contributed by atoms with Gasteiger partial charge in [-0.1, -0.05) is 13.3 Å². The molecule has 19 heavy (non-hydrogen) atoms. The Hall–Kier alpha value is -1.96. The van der Waals surface area contributed by atoms with E-state index in [1.807, 2.05) is 6.92 Å². The summed E-state index contributed by atoms with van der Waals surface area (Å²) in [4.78, 5) is 15.8. The summed E-state index contributed by atoms with van der Waals surface area (Å²) < 4.78 is 1.53. The Morgan fingerprint density at radius 2 is 2.37 bits per heavy atom. The van der Waals surface area contributed by atoms with Crippen molar-refractivity contribution in [3.63, 3.8) is 0 Å². The van der Waals surface area contributed by atoms with Crippen molar-refractivity contribution >= 4 is 22.8 Å². The van der Waals surface area contributed by atoms with E-state index < -0.39 is 0 Å². The number of anilines is 1. The minimum Gasteiger partial charge on any atom is -0.360 e. The molecule has 102 valence electrons. The van der Waals surface area contributed by atoms with Crippen molar-refractivity contribution in [2.45, 2.75) is 26.3 Å². The number of rotatable bonds is 6. The molecule has 0 saturated carbocycles. The Morgan fingerprint density at radius 3 is 2.95 bits per heavy atom. The summed E-state index contributed by atoms with van der Waals surface area (Å²) in [6.07, 6.45) is 3.17. The Balaban J connectivity index is 2.25. The number of nitrogens with one attached hydrogen (secondary N) is 1. The number of aryl methyl sites for hydroxylation is 2. The average molecular weight is 281 g/mol. The molecular weight excluding hydrogens is 266 g/mol. The van der Waals surface area contributed by atoms with E-state index in [4.69, 9.17) is 0 Å². The van der Waals surface area contributed by atoms with Crippen LogP contribution in [0.5, 0.6) is 0 Å². The van der Waals surface area contributed by atoms with Gasteiger partial charge in [-0.3, -0.25) is 15.1 Å². The third kappa shape index (κ3) is 2.90. The van der Waals surface area contributed by atoms with Gasteiger partial charge in [0, 0.05) is 18.1 Å². The van der Waals surface area contributed by atoms with E-state index in [9.17, 15) is 10.1 Å². The van der Waals surface area contributed by atoms with Gasteiger partial charge in [-0.15, -0.1) is 11.3 Å². The van der Waals surface area contributed by atoms with Gasteiger partial charge in [-0.25, -0.2) is 4.68 Å². The number of nitro groups is 1. The predicted octanol–water partition coefficient (Wildman–Crippen LogP) is 2.35. The van der Waals surface area contributed by atoms with Crippen LogP contribution in [0.1, 0.15) is 23.9 Å². The number of hydrogen-bond acceptors (Lipinski definition) is 6. The normalized spacial score (nSPS) is 10.6. The quantitative estimate of drug-likeness (QED) is 0.649. The molecule has 2 aromatic rings. The van der Waals surface area contributed by atoms with E-state index in [0.29, 0.717) is 24.5 Å². The lowest BCUT2D eigenvalue weighted by molar-refractivity contribution is -0.384. The third-order valence-electron chi connectivity index (χ3n) is 2.67. The SMILES string of the molecule is CCCc1nn(C)c(NCc2cncs2)c1[N+](=O)[O-]. The molecule has 0 unspecified atom stereocenters. The van der Waals surface area contributed by atoms with Gasteiger partial charge >= 0.3 is 5.69 Å². The molecule has 0 aromatic carbocycles. The largest absolute Gasteiger partial charge is 0.360 e. The van der Waals surface area contributed by atoms with Crippen LogP contribution in [-0.2, 0) is 20.0 Å². The zero-order chi connectivity index (χ0) is 13.8. The fourth-order valence-electron chi connectivity index (χ4n) is 1.86. The van der Waals surface area contributed by atoms with Crippen LogP contribution < -0.4 is 5.32 Å². The van der Waals surface area contributed by atoms with E-state index in [2.05, 4.69) is 15.4 Å². The van der Waals surface area contributed by atoms with E-state index >= 15 is 0 Å². The molecule has 0 aliphatic carbocycles. The van der Waals surface area contributed by atoms with Gasteiger partial charge in [0.05, 0.1) is 17.0 Å². The predicted molar refractivity (Wildman–Crippen MR) is 73.3 cm³/mol. The van der Waals surface area contributed by atoms with Crippen LogP contribution in [0.25, 0.3) is 0 Å². The second kappa shape index (κ2) is 5.79. The highest BCUT2D eigenvalue weighted by Gasteiger charge is 2.25. The van der Waals surface area contributed by atoms with Crippen molar-refractivity contribution in [3.05, 3.63) is 32.4 Å². The molecule has 2 rings (SSSR count). The monoisotopic (exact) mass is 281 g/mol. The van der Waals surface area contributed by atoms with Crippen molar-refractivity contribution in [1.29, 1.82) is 0 Å². The highest BCUT2D eigenvalue weighted by atomic mass is 32.1. The average Bonchev–Trinajstić information content (AvgIpc) is 2.95. The lowest BCUT2D eigenvalue weighted by atomic mass is 10.2. The van der Waals surface area contributed by atoms with E-state index in [0.717, 1.165) is 11.3 Å². The zero-order valence-corrected chi connectivity index (χ0v) is 11.6. The first-order valence-corrected chi connectivity index (χ1v) is 6.83. The first-order valence-electron chi connectivity index (χ1n) is 5.95. The van der Waals surface area contributed by atoms with E-state index in [1.54, 1.807) is 18.8 Å². The number of aromatic nitrogens is 3. The van der Waals surface area contributed by atoms with Gasteiger partial charge in [-0.05, 0) is 6.42 Å². The molecule has 0 atom stereocenters. The maximum Gasteiger partial charge on any atom is 0.334 e. The molecule has 0 fully saturated rings. The third-order valence-corrected chi connectivity index (χ3v) is 3.45. The van der Waals surface area contributed by atoms with Crippen LogP contribution in [0, 0.1) is 10.1 Å². The molecule has 1 N–H and O–H groups in total. The minimum absolute atomic E-state index is 0.0777. The first kappa shape index (κ1) is 13.5. The molecular formula is C11H15N5O2S. The van der Waals surface area contributed by atoms with Crippen LogP contribution in [0.3, 0.4) is 0 Å². The van der Waals surface area contributed by atoms with Crippen molar-refractivity contribution in [1.82, 2.24) is 14.8 Å². The Morgan fingerprint density at radius 1 is 1.58 bits per heavy atom. The van der Waals surface area contributed by atoms with Gasteiger partial charge in [0.2, 0.25) is 5.82 Å². The zero-order valence-electron chi connectivity index (χ0n) is 10.8. The summed E-state index contributed by atoms with van der Waals surface area (Å²) in [7, 11) is 1.71. The summed E-state index contributed by atoms with van der Waals surface area (Å²) in [6.45, 7) is 2.49. The molecule has 2 heterocycles. The lowest BCUT2D eigenvalue weighted by Crippen LogP contribution is -2.05. The first-order chi connectivity index (χ1) is 9.13. The summed E-state index contributed by atoms with van der Waals surface area (Å²) in [6, 6.07) is 0. The maximum absolute atomic E-state index is 11.2. The molecule has 0 aliphatic rings. The van der Waals surface area contributed by atoms with Gasteiger partial charge in [0.15, 0.2) is 0 Å². The topological polar surface area (TPSA) is 85.9 Å². The lowest BCUT2D eigenvalue weighted by Gasteiger charge is -2.03. The number of thiazole rings is 1. The fraction of sp³-hybridized carbons (Fsp3) is 0.455. The molecule has 8 heteroatoms. The molecule has 0 aliphatic heterocycles. The molecule has 0 bridgehead atoms. The Bertz CT molecular complexity index is 564. The van der Waals surface area contributed by atoms with Crippen molar-refractivity contribution < 1.29 is 4.92 Å². The Kier molecular flexibility index (Phi) is 4.10. The van der Waals surface area contributed by atoms with Crippen LogP contribution in [0.15, 0.2) is 11.7 Å². The van der Waals surface area contributed by atoms with Crippen molar-refractivity contribution in [2.75, 3.05) is 5.32 Å². The molecule has 0 radical (unpaired) electrons. The van der Waals surface area contributed by atoms with Crippen LogP contribution in [0.2, 0.25) is 0 Å². The standard InChI is InChI=1S/C11H15N5O2S/c1-3-4-9-10(16(17)18)11(15(2)14-9)13-6-8-5-12-7-19-8/h5,7,13H,3-4,6H2,1-2H3. The summed E-state index contributed by atoms with van der Waals surface area (Å²) in [5.41, 5.74) is 2.34. The summed E-state index contributed by atoms with van der Waals surface area (Å²) in [5.74, 6) is 0.446. The molecule has 0 amide bonds. The minimum atomic E-state index is -0.368. The second-order valence-electron chi connectivity index (χ2n) is 4.10. The van der Waals surface area contributed by atoms with Crippen molar-refractivity contribution in [3.8, 4) is 0 Å². The highest BCUT2D eigenvalue weighted by Crippen LogP contribution is 2.29. The maximum atomic E-state index is 11.2. The van der Waals surface area contributed by atoms with Crippen LogP contribution >= 0.6 is 11.3 Å². The van der Waals surface area contributed by atoms with Gasteiger partial charge in [0.25, 0.3) is 0 Å². The smallest absolute Gasteiger partial charge is 0.334 e. The van der Waals surface area contributed by atoms with E-state index in [1.165, 1.54) is 16.0 Å². The van der Waals surface area contributed by atoms with Gasteiger partial charge in [-0.2, -0.15) is 5.10 Å². The number of nitrogens with zero attached hydrogens (tertiary/aromatic N) is 4. The second-order valence-corrected chi connectivity index (χ2v) is 5.07. The van der Waals surface area contributed by atoms with Crippen LogP contribution in [-0.4, -0.2) is 19.7 Å². The molecule has 0 spiro atoms. The van der Waals surface area contributed by atoms with Crippen LogP contribution in [0.4, 0.5) is 11.5 Å². The van der Waals surface area contributed by atoms with Crippen molar-refractivity contribution in [2.24, 2.45) is 7.05 Å². The van der Waals surface area contributed by atoms with E-state index in [-0.39, 0.29) is 10.6 Å². The molecule has 0 saturated heterocycles. The Labute approximate surface area is 114 Å². The summed E-state index contributed by atoms with van der Waals surface area (Å²) >= 11 is 1.51. The van der Waals surface area contributed by atoms with Gasteiger partial charge in [0.1, 0.15) is 5.69 Å². The fourth-order valence-corrected chi connectivity index (χ4v) is 2.40. The number of hydrogen-bond donors (Lipinski definition) is 1. The van der Waals surface area contributed by atoms with Gasteiger partial charge < -0.3 is 5.32 Å². The summed E-state index contributed by atoms with van der Waals surface area (Å²) in [5, 5.41) is 18.5. The highest BCUT2D eigenvalue weighted by molar-refractivity contribution is 7.09. The molecule has 2 aromatic heterocycles. The molecule has 7 nitrogen and oxygen atoms in total.